The first-order valence-corrected chi connectivity index (χ1v) is 3.32. The SMILES string of the molecule is CCC(I)N[C]=O. The molecule has 0 aliphatic heterocycles. The first-order valence-electron chi connectivity index (χ1n) is 2.08. The van der Waals surface area contributed by atoms with Crippen LogP contribution in [0.5, 0.6) is 0 Å². The van der Waals surface area contributed by atoms with Crippen molar-refractivity contribution in [2.75, 3.05) is 0 Å². The van der Waals surface area contributed by atoms with Crippen LogP contribution in [0.1, 0.15) is 13.3 Å². The van der Waals surface area contributed by atoms with Crippen LogP contribution in [-0.2, 0) is 4.79 Å². The maximum atomic E-state index is 9.53. The standard InChI is InChI=1S/C4H7INO/c1-2-4(5)6-3-7/h4H,2H2,1H3,(H,6,7). The van der Waals surface area contributed by atoms with E-state index in [1.54, 1.807) is 6.41 Å². The van der Waals surface area contributed by atoms with E-state index in [0.29, 0.717) is 0 Å². The minimum absolute atomic E-state index is 0.245. The minimum atomic E-state index is 0.245. The molecule has 1 atom stereocenters. The van der Waals surface area contributed by atoms with Crippen LogP contribution in [0.3, 0.4) is 0 Å². The number of nitrogens with one attached hydrogen (secondary N) is 1. The first-order chi connectivity index (χ1) is 3.31. The van der Waals surface area contributed by atoms with Crippen molar-refractivity contribution in [1.29, 1.82) is 0 Å². The molecule has 0 fully saturated rings. The highest BCUT2D eigenvalue weighted by Gasteiger charge is 1.93. The molecular formula is C4H7INO. The zero-order valence-electron chi connectivity index (χ0n) is 4.07. The van der Waals surface area contributed by atoms with Gasteiger partial charge in [0.2, 0.25) is 0 Å². The summed E-state index contributed by atoms with van der Waals surface area (Å²) >= 11 is 2.13. The third-order valence-corrected chi connectivity index (χ3v) is 1.77. The smallest absolute Gasteiger partial charge is 0.310 e. The van der Waals surface area contributed by atoms with Gasteiger partial charge in [0.25, 0.3) is 0 Å². The fourth-order valence-electron chi connectivity index (χ4n) is 0.166. The van der Waals surface area contributed by atoms with Crippen LogP contribution in [0.15, 0.2) is 0 Å². The Bertz CT molecular complexity index is 57.7. The summed E-state index contributed by atoms with van der Waals surface area (Å²) in [6.07, 6.45) is 2.57. The lowest BCUT2D eigenvalue weighted by Crippen LogP contribution is -2.19. The van der Waals surface area contributed by atoms with Gasteiger partial charge in [-0.25, -0.2) is 0 Å². The van der Waals surface area contributed by atoms with Crippen LogP contribution in [-0.4, -0.2) is 10.5 Å². The summed E-state index contributed by atoms with van der Waals surface area (Å²) in [6.45, 7) is 2.00. The average Bonchev–Trinajstić information content (AvgIpc) is 1.68. The molecule has 0 rings (SSSR count). The fraction of sp³-hybridized carbons (Fsp3) is 0.750. The van der Waals surface area contributed by atoms with E-state index in [4.69, 9.17) is 0 Å². The summed E-state index contributed by atoms with van der Waals surface area (Å²) in [7, 11) is 0. The third-order valence-electron chi connectivity index (χ3n) is 0.574. The minimum Gasteiger partial charge on any atom is -0.336 e. The Hall–Kier alpha value is 0.200. The first kappa shape index (κ1) is 7.20. The van der Waals surface area contributed by atoms with Crippen molar-refractivity contribution < 1.29 is 4.79 Å². The molecule has 0 aromatic heterocycles. The molecule has 0 heterocycles. The van der Waals surface area contributed by atoms with Crippen LogP contribution >= 0.6 is 22.6 Å². The lowest BCUT2D eigenvalue weighted by molar-refractivity contribution is 0.540. The van der Waals surface area contributed by atoms with E-state index < -0.39 is 0 Å². The molecule has 0 aromatic carbocycles. The summed E-state index contributed by atoms with van der Waals surface area (Å²) < 4.78 is 0.245. The van der Waals surface area contributed by atoms with Crippen molar-refractivity contribution in [3.05, 3.63) is 0 Å². The zero-order chi connectivity index (χ0) is 5.70. The topological polar surface area (TPSA) is 29.1 Å². The molecule has 0 bridgehead atoms. The Morgan fingerprint density at radius 1 is 2.00 bits per heavy atom. The van der Waals surface area contributed by atoms with Gasteiger partial charge in [-0.05, 0) is 6.42 Å². The van der Waals surface area contributed by atoms with Gasteiger partial charge in [-0.1, -0.05) is 29.5 Å². The molecule has 7 heavy (non-hydrogen) atoms. The zero-order valence-corrected chi connectivity index (χ0v) is 6.23. The lowest BCUT2D eigenvalue weighted by Gasteiger charge is -1.99. The molecule has 2 nitrogen and oxygen atoms in total. The molecule has 41 valence electrons. The average molecular weight is 212 g/mol. The quantitative estimate of drug-likeness (QED) is 0.319. The molecule has 1 radical (unpaired) electrons. The van der Waals surface area contributed by atoms with Gasteiger partial charge in [-0.15, -0.1) is 0 Å². The molecule has 0 aliphatic rings. The van der Waals surface area contributed by atoms with Gasteiger partial charge in [-0.2, -0.15) is 0 Å². The van der Waals surface area contributed by atoms with Gasteiger partial charge < -0.3 is 5.32 Å². The number of carbonyl (C=O) groups excluding carboxylic acids is 1. The summed E-state index contributed by atoms with van der Waals surface area (Å²) in [4.78, 5) is 9.53. The molecule has 0 saturated carbocycles. The van der Waals surface area contributed by atoms with Crippen LogP contribution in [0.25, 0.3) is 0 Å². The fourth-order valence-corrected chi connectivity index (χ4v) is 0.293. The van der Waals surface area contributed by atoms with Crippen molar-refractivity contribution in [3.8, 4) is 0 Å². The van der Waals surface area contributed by atoms with Crippen molar-refractivity contribution in [1.82, 2.24) is 5.32 Å². The number of hydrogen-bond donors (Lipinski definition) is 1. The van der Waals surface area contributed by atoms with E-state index in [-0.39, 0.29) is 4.05 Å². The van der Waals surface area contributed by atoms with E-state index in [0.717, 1.165) is 6.42 Å². The molecule has 0 aromatic rings. The van der Waals surface area contributed by atoms with Crippen LogP contribution in [0.2, 0.25) is 0 Å². The molecule has 0 spiro atoms. The highest BCUT2D eigenvalue weighted by Crippen LogP contribution is 1.97. The second-order valence-corrected chi connectivity index (χ2v) is 2.63. The Morgan fingerprint density at radius 2 is 2.57 bits per heavy atom. The van der Waals surface area contributed by atoms with Crippen molar-refractivity contribution in [2.24, 2.45) is 0 Å². The molecule has 1 N–H and O–H groups in total. The van der Waals surface area contributed by atoms with E-state index in [2.05, 4.69) is 27.9 Å². The Balaban J connectivity index is 2.98. The molecule has 1 unspecified atom stereocenters. The highest BCUT2D eigenvalue weighted by atomic mass is 127. The Morgan fingerprint density at radius 3 is 2.71 bits per heavy atom. The molecular weight excluding hydrogens is 205 g/mol. The number of alkyl halides is 1. The van der Waals surface area contributed by atoms with Crippen molar-refractivity contribution >= 4 is 29.0 Å². The van der Waals surface area contributed by atoms with Gasteiger partial charge in [0.05, 0.1) is 4.05 Å². The summed E-state index contributed by atoms with van der Waals surface area (Å²) in [6, 6.07) is 0. The summed E-state index contributed by atoms with van der Waals surface area (Å²) in [5.74, 6) is 0. The molecule has 1 amide bonds. The van der Waals surface area contributed by atoms with E-state index in [1.807, 2.05) is 6.92 Å². The van der Waals surface area contributed by atoms with Crippen molar-refractivity contribution in [2.45, 2.75) is 17.4 Å². The maximum absolute atomic E-state index is 9.53. The van der Waals surface area contributed by atoms with E-state index in [9.17, 15) is 4.79 Å². The second kappa shape index (κ2) is 4.36. The van der Waals surface area contributed by atoms with Crippen LogP contribution in [0.4, 0.5) is 0 Å². The lowest BCUT2D eigenvalue weighted by atomic mass is 10.5. The van der Waals surface area contributed by atoms with Gasteiger partial charge in [0, 0.05) is 0 Å². The van der Waals surface area contributed by atoms with Gasteiger partial charge >= 0.3 is 6.41 Å². The third kappa shape index (κ3) is 4.04. The Kier molecular flexibility index (Phi) is 4.49. The molecule has 0 aliphatic carbocycles. The number of hydrogen-bond acceptors (Lipinski definition) is 1. The molecule has 0 saturated heterocycles. The monoisotopic (exact) mass is 212 g/mol. The van der Waals surface area contributed by atoms with E-state index in [1.165, 1.54) is 0 Å². The van der Waals surface area contributed by atoms with Crippen molar-refractivity contribution in [3.63, 3.8) is 0 Å². The summed E-state index contributed by atoms with van der Waals surface area (Å²) in [5.41, 5.74) is 0. The maximum Gasteiger partial charge on any atom is 0.310 e. The highest BCUT2D eigenvalue weighted by molar-refractivity contribution is 14.1. The van der Waals surface area contributed by atoms with Crippen LogP contribution < -0.4 is 5.32 Å². The largest absolute Gasteiger partial charge is 0.336 e. The predicted molar refractivity (Wildman–Crippen MR) is 36.9 cm³/mol. The van der Waals surface area contributed by atoms with Crippen LogP contribution in [0, 0.1) is 0 Å². The second-order valence-electron chi connectivity index (χ2n) is 1.12. The number of rotatable bonds is 3. The predicted octanol–water partition coefficient (Wildman–Crippen LogP) is 0.814. The number of amides is 1. The number of halogens is 1. The normalized spacial score (nSPS) is 12.9. The Labute approximate surface area is 56.8 Å². The van der Waals surface area contributed by atoms with Gasteiger partial charge in [-0.3, -0.25) is 4.79 Å². The van der Waals surface area contributed by atoms with Gasteiger partial charge in [0.15, 0.2) is 0 Å². The summed E-state index contributed by atoms with van der Waals surface area (Å²) in [5, 5.41) is 2.48. The van der Waals surface area contributed by atoms with Gasteiger partial charge in [0.1, 0.15) is 0 Å². The molecule has 3 heteroatoms. The van der Waals surface area contributed by atoms with E-state index >= 15 is 0 Å².